The Morgan fingerprint density at radius 1 is 0.514 bits per heavy atom. The largest absolute Gasteiger partial charge is 0.756 e. The molecule has 0 aromatic rings. The number of nitrogens with one attached hydrogen (secondary N) is 1. The highest BCUT2D eigenvalue weighted by Crippen LogP contribution is 2.38. The fraction of sp³-hybridized carbons (Fsp3) is 0.754. The zero-order valence-electron chi connectivity index (χ0n) is 46.2. The number of aliphatic hydroxyl groups is 1. The van der Waals surface area contributed by atoms with Gasteiger partial charge in [0.1, 0.15) is 13.2 Å². The molecule has 0 radical (unpaired) electrons. The summed E-state index contributed by atoms with van der Waals surface area (Å²) in [6.45, 7) is 4.51. The summed E-state index contributed by atoms with van der Waals surface area (Å²) in [7, 11) is 1.23. The maximum absolute atomic E-state index is 13.0. The van der Waals surface area contributed by atoms with Gasteiger partial charge in [0, 0.05) is 6.42 Å². The zero-order chi connectivity index (χ0) is 51.3. The van der Waals surface area contributed by atoms with E-state index in [0.29, 0.717) is 17.4 Å². The second-order valence-electron chi connectivity index (χ2n) is 20.6. The van der Waals surface area contributed by atoms with Crippen LogP contribution >= 0.6 is 7.82 Å². The Labute approximate surface area is 433 Å². The molecule has 3 atom stereocenters. The van der Waals surface area contributed by atoms with Crippen LogP contribution in [0.1, 0.15) is 245 Å². The van der Waals surface area contributed by atoms with Crippen LogP contribution < -0.4 is 10.2 Å². The van der Waals surface area contributed by atoms with Gasteiger partial charge < -0.3 is 28.8 Å². The molecule has 0 heterocycles. The van der Waals surface area contributed by atoms with Crippen molar-refractivity contribution >= 4 is 13.7 Å². The number of amides is 1. The standard InChI is InChI=1S/C61H111N2O6P/c1-6-8-10-12-14-16-18-20-22-24-25-26-27-28-29-30-31-32-33-34-35-36-37-39-41-43-45-47-49-51-53-55-61(65)62-59(58-69-70(66,67)68-57-56-63(3,4)5)60(64)54-52-50-48-46-44-42-40-38-23-21-19-17-15-13-11-9-7-2/h8,10,14,16,20,22-23,25-26,38,44,46,52,54,59-60,64H,6-7,9,11-13,15,17-19,21,24,27-37,39-43,45,47-51,53,55-58H2,1-5H3,(H-,62,65,66,67)/b10-8-,16-14-,22-20-,26-25-,38-23+,46-44+,54-52+. The summed E-state index contributed by atoms with van der Waals surface area (Å²) in [6.07, 6.45) is 72.4. The van der Waals surface area contributed by atoms with E-state index in [9.17, 15) is 19.4 Å². The first kappa shape index (κ1) is 67.7. The molecule has 8 nitrogen and oxygen atoms in total. The number of unbranched alkanes of at least 4 members (excludes halogenated alkanes) is 27. The molecule has 2 N–H and O–H groups in total. The van der Waals surface area contributed by atoms with Crippen LogP contribution in [0.3, 0.4) is 0 Å². The van der Waals surface area contributed by atoms with Crippen molar-refractivity contribution in [1.29, 1.82) is 0 Å². The summed E-state index contributed by atoms with van der Waals surface area (Å²) < 4.78 is 23.3. The number of phosphoric acid groups is 1. The van der Waals surface area contributed by atoms with Crippen LogP contribution in [0, 0.1) is 0 Å². The van der Waals surface area contributed by atoms with Crippen molar-refractivity contribution in [2.45, 2.75) is 257 Å². The fourth-order valence-electron chi connectivity index (χ4n) is 8.06. The molecule has 0 fully saturated rings. The molecule has 406 valence electrons. The molecular formula is C61H111N2O6P. The lowest BCUT2D eigenvalue weighted by Gasteiger charge is -2.29. The Kier molecular flexibility index (Phi) is 49.9. The van der Waals surface area contributed by atoms with Crippen molar-refractivity contribution < 1.29 is 32.9 Å². The molecule has 0 saturated carbocycles. The lowest BCUT2D eigenvalue weighted by Crippen LogP contribution is -2.45. The van der Waals surface area contributed by atoms with Gasteiger partial charge in [0.2, 0.25) is 5.91 Å². The molecule has 0 aliphatic rings. The van der Waals surface area contributed by atoms with E-state index in [0.717, 1.165) is 70.6 Å². The highest BCUT2D eigenvalue weighted by atomic mass is 31.2. The van der Waals surface area contributed by atoms with Crippen molar-refractivity contribution in [3.63, 3.8) is 0 Å². The van der Waals surface area contributed by atoms with Gasteiger partial charge in [-0.25, -0.2) is 0 Å². The number of quaternary nitrogens is 1. The number of likely N-dealkylation sites (N-methyl/N-ethyl adjacent to an activating group) is 1. The number of nitrogens with zero attached hydrogens (tertiary/aromatic N) is 1. The minimum absolute atomic E-state index is 0.0110. The Balaban J connectivity index is 4.16. The third-order valence-corrected chi connectivity index (χ3v) is 13.5. The van der Waals surface area contributed by atoms with Gasteiger partial charge >= 0.3 is 0 Å². The van der Waals surface area contributed by atoms with Crippen LogP contribution in [-0.4, -0.2) is 68.5 Å². The summed E-state index contributed by atoms with van der Waals surface area (Å²) in [4.78, 5) is 25.5. The molecule has 0 bridgehead atoms. The highest BCUT2D eigenvalue weighted by Gasteiger charge is 2.23. The van der Waals surface area contributed by atoms with Gasteiger partial charge in [0.05, 0.1) is 39.9 Å². The fourth-order valence-corrected chi connectivity index (χ4v) is 8.78. The van der Waals surface area contributed by atoms with Crippen molar-refractivity contribution in [2.75, 3.05) is 40.9 Å². The molecule has 70 heavy (non-hydrogen) atoms. The third-order valence-electron chi connectivity index (χ3n) is 12.6. The average Bonchev–Trinajstić information content (AvgIpc) is 3.32. The number of rotatable bonds is 52. The Hall–Kier alpha value is -2.32. The van der Waals surface area contributed by atoms with E-state index in [1.165, 1.54) is 154 Å². The van der Waals surface area contributed by atoms with Crippen LogP contribution in [0.15, 0.2) is 85.1 Å². The van der Waals surface area contributed by atoms with E-state index in [2.05, 4.69) is 92.1 Å². The monoisotopic (exact) mass is 999 g/mol. The minimum Gasteiger partial charge on any atom is -0.756 e. The van der Waals surface area contributed by atoms with Gasteiger partial charge in [-0.05, 0) is 83.5 Å². The highest BCUT2D eigenvalue weighted by molar-refractivity contribution is 7.45. The maximum Gasteiger partial charge on any atom is 0.268 e. The summed E-state index contributed by atoms with van der Waals surface area (Å²) in [5, 5.41) is 13.8. The predicted octanol–water partition coefficient (Wildman–Crippen LogP) is 17.0. The van der Waals surface area contributed by atoms with E-state index in [4.69, 9.17) is 9.05 Å². The van der Waals surface area contributed by atoms with E-state index in [-0.39, 0.29) is 12.5 Å². The summed E-state index contributed by atoms with van der Waals surface area (Å²) >= 11 is 0. The topological polar surface area (TPSA) is 108 Å². The summed E-state index contributed by atoms with van der Waals surface area (Å²) in [5.74, 6) is -0.212. The van der Waals surface area contributed by atoms with Gasteiger partial charge in [-0.3, -0.25) is 9.36 Å². The first-order chi connectivity index (χ1) is 34.0. The molecule has 0 spiro atoms. The molecule has 0 saturated heterocycles. The van der Waals surface area contributed by atoms with E-state index >= 15 is 0 Å². The van der Waals surface area contributed by atoms with Crippen LogP contribution in [0.5, 0.6) is 0 Å². The maximum atomic E-state index is 13.0. The number of allylic oxidation sites excluding steroid dienone is 13. The summed E-state index contributed by atoms with van der Waals surface area (Å²) in [5.41, 5.74) is 0. The molecule has 0 aromatic carbocycles. The molecule has 0 aliphatic carbocycles. The number of aliphatic hydroxyl groups excluding tert-OH is 1. The Bertz CT molecular complexity index is 1410. The lowest BCUT2D eigenvalue weighted by molar-refractivity contribution is -0.870. The Morgan fingerprint density at radius 2 is 0.886 bits per heavy atom. The number of phosphoric ester groups is 1. The molecule has 3 unspecified atom stereocenters. The van der Waals surface area contributed by atoms with E-state index in [1.807, 2.05) is 27.2 Å². The smallest absolute Gasteiger partial charge is 0.268 e. The first-order valence-corrected chi connectivity index (χ1v) is 30.4. The quantitative estimate of drug-likeness (QED) is 0.0272. The molecule has 0 rings (SSSR count). The Morgan fingerprint density at radius 3 is 1.33 bits per heavy atom. The molecular weight excluding hydrogens is 888 g/mol. The van der Waals surface area contributed by atoms with Gasteiger partial charge in [-0.1, -0.05) is 240 Å². The molecule has 0 aliphatic heterocycles. The van der Waals surface area contributed by atoms with E-state index < -0.39 is 26.6 Å². The molecule has 1 amide bonds. The number of hydrogen-bond donors (Lipinski definition) is 2. The van der Waals surface area contributed by atoms with Crippen molar-refractivity contribution in [3.05, 3.63) is 85.1 Å². The average molecular weight is 1000 g/mol. The minimum atomic E-state index is -4.61. The van der Waals surface area contributed by atoms with Crippen molar-refractivity contribution in [2.24, 2.45) is 0 Å². The molecule has 0 aromatic heterocycles. The van der Waals surface area contributed by atoms with E-state index in [1.54, 1.807) is 6.08 Å². The summed E-state index contributed by atoms with van der Waals surface area (Å²) in [6, 6.07) is -0.913. The normalized spacial score (nSPS) is 14.6. The van der Waals surface area contributed by atoms with Crippen LogP contribution in [0.4, 0.5) is 0 Å². The van der Waals surface area contributed by atoms with Gasteiger partial charge in [-0.2, -0.15) is 0 Å². The molecule has 9 heteroatoms. The SMILES string of the molecule is CC/C=C\C/C=C\C/C=C\C/C=C\CCCCCCCCCCCCCCCCCCCCC(=O)NC(COP(=O)([O-])OCC[N+](C)(C)C)C(O)/C=C/CC/C=C/CC/C=C/CCCCCCCCC. The second kappa shape index (κ2) is 51.6. The number of carbonyl (C=O) groups is 1. The zero-order valence-corrected chi connectivity index (χ0v) is 47.1. The second-order valence-corrected chi connectivity index (χ2v) is 22.0. The van der Waals surface area contributed by atoms with Gasteiger partial charge in [-0.15, -0.1) is 0 Å². The van der Waals surface area contributed by atoms with Crippen molar-refractivity contribution in [1.82, 2.24) is 5.32 Å². The first-order valence-electron chi connectivity index (χ1n) is 28.9. The van der Waals surface area contributed by atoms with Crippen LogP contribution in [0.25, 0.3) is 0 Å². The predicted molar refractivity (Wildman–Crippen MR) is 302 cm³/mol. The van der Waals surface area contributed by atoms with Crippen LogP contribution in [-0.2, 0) is 18.4 Å². The lowest BCUT2D eigenvalue weighted by atomic mass is 10.0. The number of hydrogen-bond acceptors (Lipinski definition) is 6. The third kappa shape index (κ3) is 53.5. The van der Waals surface area contributed by atoms with Crippen LogP contribution in [0.2, 0.25) is 0 Å². The van der Waals surface area contributed by atoms with Crippen molar-refractivity contribution in [3.8, 4) is 0 Å². The van der Waals surface area contributed by atoms with Gasteiger partial charge in [0.15, 0.2) is 0 Å². The number of carbonyl (C=O) groups excluding carboxylic acids is 1. The van der Waals surface area contributed by atoms with Gasteiger partial charge in [0.25, 0.3) is 7.82 Å².